The highest BCUT2D eigenvalue weighted by atomic mass is 35.5. The van der Waals surface area contributed by atoms with Gasteiger partial charge in [-0.3, -0.25) is 25.2 Å². The number of halogens is 1. The molecule has 0 atom stereocenters. The molecule has 3 amide bonds. The third-order valence-electron chi connectivity index (χ3n) is 3.92. The summed E-state index contributed by atoms with van der Waals surface area (Å²) >= 11 is 5.75. The Kier molecular flexibility index (Phi) is 7.53. The van der Waals surface area contributed by atoms with Crippen LogP contribution in [0.4, 0.5) is 0 Å². The molecule has 25 heavy (non-hydrogen) atoms. The molecule has 0 unspecified atom stereocenters. The van der Waals surface area contributed by atoms with Gasteiger partial charge in [-0.1, -0.05) is 30.9 Å². The molecule has 7 nitrogen and oxygen atoms in total. The van der Waals surface area contributed by atoms with Crippen molar-refractivity contribution in [3.8, 4) is 5.75 Å². The Morgan fingerprint density at radius 1 is 1.00 bits per heavy atom. The molecule has 0 saturated heterocycles. The van der Waals surface area contributed by atoms with Crippen molar-refractivity contribution in [3.05, 3.63) is 29.3 Å². The number of ether oxygens (including phenoxy) is 1. The van der Waals surface area contributed by atoms with E-state index < -0.39 is 11.8 Å². The molecule has 1 aliphatic rings. The summed E-state index contributed by atoms with van der Waals surface area (Å²) in [7, 11) is 0. The van der Waals surface area contributed by atoms with Crippen LogP contribution < -0.4 is 20.9 Å². The van der Waals surface area contributed by atoms with Crippen LogP contribution in [0.25, 0.3) is 0 Å². The minimum Gasteiger partial charge on any atom is -0.484 e. The quantitative estimate of drug-likeness (QED) is 0.665. The van der Waals surface area contributed by atoms with Crippen LogP contribution in [0, 0.1) is 5.92 Å². The Morgan fingerprint density at radius 2 is 1.64 bits per heavy atom. The third kappa shape index (κ3) is 7.01. The van der Waals surface area contributed by atoms with E-state index in [1.165, 1.54) is 0 Å². The standard InChI is InChI=1S/C17H22ClN3O4/c18-13-6-8-14(9-7-13)25-11-16(23)21-20-15(22)10-19-17(24)12-4-2-1-3-5-12/h6-9,12H,1-5,10-11H2,(H,19,24)(H,20,22)(H,21,23). The van der Waals surface area contributed by atoms with Crippen LogP contribution in [-0.2, 0) is 14.4 Å². The minimum atomic E-state index is -0.512. The molecular formula is C17H22ClN3O4. The van der Waals surface area contributed by atoms with Crippen LogP contribution in [0.3, 0.4) is 0 Å². The lowest BCUT2D eigenvalue weighted by atomic mass is 9.89. The molecule has 1 saturated carbocycles. The number of hydrogen-bond acceptors (Lipinski definition) is 4. The molecule has 0 spiro atoms. The van der Waals surface area contributed by atoms with Crippen LogP contribution in [-0.4, -0.2) is 30.9 Å². The summed E-state index contributed by atoms with van der Waals surface area (Å²) in [6, 6.07) is 6.56. The number of hydrazine groups is 1. The van der Waals surface area contributed by atoms with Gasteiger partial charge in [-0.25, -0.2) is 0 Å². The van der Waals surface area contributed by atoms with Gasteiger partial charge in [-0.15, -0.1) is 0 Å². The first-order valence-corrected chi connectivity index (χ1v) is 8.66. The van der Waals surface area contributed by atoms with E-state index in [9.17, 15) is 14.4 Å². The van der Waals surface area contributed by atoms with Crippen LogP contribution in [0.1, 0.15) is 32.1 Å². The summed E-state index contributed by atoms with van der Waals surface area (Å²) in [6.07, 6.45) is 4.99. The van der Waals surface area contributed by atoms with E-state index in [0.717, 1.165) is 32.1 Å². The largest absolute Gasteiger partial charge is 0.484 e. The SMILES string of the molecule is O=C(CNC(=O)C1CCCCC1)NNC(=O)COc1ccc(Cl)cc1. The first-order chi connectivity index (χ1) is 12.0. The Morgan fingerprint density at radius 3 is 2.32 bits per heavy atom. The first-order valence-electron chi connectivity index (χ1n) is 8.28. The molecule has 1 fully saturated rings. The summed E-state index contributed by atoms with van der Waals surface area (Å²) in [4.78, 5) is 35.2. The average molecular weight is 368 g/mol. The summed E-state index contributed by atoms with van der Waals surface area (Å²) in [6.45, 7) is -0.427. The number of benzene rings is 1. The van der Waals surface area contributed by atoms with E-state index in [0.29, 0.717) is 10.8 Å². The van der Waals surface area contributed by atoms with Crippen molar-refractivity contribution in [3.63, 3.8) is 0 Å². The molecule has 0 bridgehead atoms. The maximum atomic E-state index is 11.9. The fourth-order valence-corrected chi connectivity index (χ4v) is 2.70. The van der Waals surface area contributed by atoms with Crippen LogP contribution >= 0.6 is 11.6 Å². The molecule has 1 aromatic carbocycles. The number of rotatable bonds is 6. The van der Waals surface area contributed by atoms with Gasteiger partial charge in [0, 0.05) is 10.9 Å². The number of hydrogen-bond donors (Lipinski definition) is 3. The summed E-state index contributed by atoms with van der Waals surface area (Å²) in [5.74, 6) is -0.632. The number of amides is 3. The molecule has 2 rings (SSSR count). The number of carbonyl (C=O) groups is 3. The lowest BCUT2D eigenvalue weighted by Crippen LogP contribution is -2.48. The Balaban J connectivity index is 1.59. The van der Waals surface area contributed by atoms with Crippen molar-refractivity contribution in [1.29, 1.82) is 0 Å². The average Bonchev–Trinajstić information content (AvgIpc) is 2.64. The van der Waals surface area contributed by atoms with Crippen molar-refractivity contribution in [1.82, 2.24) is 16.2 Å². The Labute approximate surface area is 151 Å². The van der Waals surface area contributed by atoms with E-state index in [4.69, 9.17) is 16.3 Å². The molecule has 0 aromatic heterocycles. The molecule has 8 heteroatoms. The smallest absolute Gasteiger partial charge is 0.276 e. The van der Waals surface area contributed by atoms with E-state index >= 15 is 0 Å². The summed E-state index contributed by atoms with van der Waals surface area (Å²) < 4.78 is 5.24. The van der Waals surface area contributed by atoms with Gasteiger partial charge >= 0.3 is 0 Å². The van der Waals surface area contributed by atoms with Gasteiger partial charge in [-0.05, 0) is 37.1 Å². The van der Waals surface area contributed by atoms with Crippen molar-refractivity contribution in [2.75, 3.05) is 13.2 Å². The van der Waals surface area contributed by atoms with E-state index in [1.807, 2.05) is 0 Å². The van der Waals surface area contributed by atoms with Crippen molar-refractivity contribution < 1.29 is 19.1 Å². The number of carbonyl (C=O) groups excluding carboxylic acids is 3. The topological polar surface area (TPSA) is 96.5 Å². The van der Waals surface area contributed by atoms with Crippen LogP contribution in [0.5, 0.6) is 5.75 Å². The maximum Gasteiger partial charge on any atom is 0.276 e. The lowest BCUT2D eigenvalue weighted by Gasteiger charge is -2.20. The van der Waals surface area contributed by atoms with Gasteiger partial charge in [0.1, 0.15) is 5.75 Å². The van der Waals surface area contributed by atoms with Gasteiger partial charge in [-0.2, -0.15) is 0 Å². The zero-order chi connectivity index (χ0) is 18.1. The predicted octanol–water partition coefficient (Wildman–Crippen LogP) is 1.56. The predicted molar refractivity (Wildman–Crippen MR) is 92.8 cm³/mol. The van der Waals surface area contributed by atoms with Crippen molar-refractivity contribution >= 4 is 29.3 Å². The molecular weight excluding hydrogens is 346 g/mol. The Bertz CT molecular complexity index is 600. The highest BCUT2D eigenvalue weighted by Crippen LogP contribution is 2.23. The molecule has 1 aromatic rings. The van der Waals surface area contributed by atoms with Crippen molar-refractivity contribution in [2.45, 2.75) is 32.1 Å². The second-order valence-corrected chi connectivity index (χ2v) is 6.33. The second kappa shape index (κ2) is 9.88. The summed E-state index contributed by atoms with van der Waals surface area (Å²) in [5.41, 5.74) is 4.46. The zero-order valence-corrected chi connectivity index (χ0v) is 14.6. The van der Waals surface area contributed by atoms with E-state index in [1.54, 1.807) is 24.3 Å². The van der Waals surface area contributed by atoms with Gasteiger partial charge < -0.3 is 10.1 Å². The first kappa shape index (κ1) is 19.1. The molecule has 1 aliphatic carbocycles. The second-order valence-electron chi connectivity index (χ2n) is 5.89. The Hall–Kier alpha value is -2.28. The fourth-order valence-electron chi connectivity index (χ4n) is 2.58. The molecule has 0 radical (unpaired) electrons. The van der Waals surface area contributed by atoms with E-state index in [-0.39, 0.29) is 25.0 Å². The lowest BCUT2D eigenvalue weighted by molar-refractivity contribution is -0.131. The van der Waals surface area contributed by atoms with E-state index in [2.05, 4.69) is 16.2 Å². The van der Waals surface area contributed by atoms with Crippen LogP contribution in [0.15, 0.2) is 24.3 Å². The van der Waals surface area contributed by atoms with Crippen molar-refractivity contribution in [2.24, 2.45) is 5.92 Å². The van der Waals surface area contributed by atoms with Crippen LogP contribution in [0.2, 0.25) is 5.02 Å². The number of nitrogens with one attached hydrogen (secondary N) is 3. The molecule has 3 N–H and O–H groups in total. The molecule has 136 valence electrons. The van der Waals surface area contributed by atoms with Gasteiger partial charge in [0.15, 0.2) is 6.61 Å². The zero-order valence-electron chi connectivity index (χ0n) is 13.8. The highest BCUT2D eigenvalue weighted by Gasteiger charge is 2.21. The highest BCUT2D eigenvalue weighted by molar-refractivity contribution is 6.30. The van der Waals surface area contributed by atoms with Gasteiger partial charge in [0.05, 0.1) is 6.54 Å². The third-order valence-corrected chi connectivity index (χ3v) is 4.18. The minimum absolute atomic E-state index is 0.0103. The van der Waals surface area contributed by atoms with Gasteiger partial charge in [0.2, 0.25) is 5.91 Å². The van der Waals surface area contributed by atoms with Gasteiger partial charge in [0.25, 0.3) is 11.8 Å². The summed E-state index contributed by atoms with van der Waals surface area (Å²) in [5, 5.41) is 3.16. The monoisotopic (exact) mass is 367 g/mol. The maximum absolute atomic E-state index is 11.9. The normalized spacial score (nSPS) is 14.4. The molecule has 0 heterocycles. The fraction of sp³-hybridized carbons (Fsp3) is 0.471. The molecule has 0 aliphatic heterocycles.